The number of aliphatic imine (C=N–C) groups is 1. The van der Waals surface area contributed by atoms with Crippen molar-refractivity contribution in [3.63, 3.8) is 0 Å². The van der Waals surface area contributed by atoms with E-state index >= 15 is 0 Å². The topological polar surface area (TPSA) is 56.7 Å². The molecule has 0 aromatic heterocycles. The quantitative estimate of drug-likeness (QED) is 0.368. The second-order valence-corrected chi connectivity index (χ2v) is 6.80. The van der Waals surface area contributed by atoms with Gasteiger partial charge in [0.05, 0.1) is 0 Å². The number of amides is 1. The molecule has 0 spiro atoms. The lowest BCUT2D eigenvalue weighted by molar-refractivity contribution is -0.121. The summed E-state index contributed by atoms with van der Waals surface area (Å²) in [5.74, 6) is 0.981. The third-order valence-electron chi connectivity index (χ3n) is 4.74. The van der Waals surface area contributed by atoms with Gasteiger partial charge in [-0.1, -0.05) is 48.9 Å². The smallest absolute Gasteiger partial charge is 0.221 e. The third-order valence-corrected chi connectivity index (χ3v) is 4.74. The normalized spacial score (nSPS) is 15.6. The number of benzene rings is 1. The highest BCUT2D eigenvalue weighted by molar-refractivity contribution is 14.0. The van der Waals surface area contributed by atoms with Crippen LogP contribution in [0.2, 0.25) is 0 Å². The molecule has 1 aromatic carbocycles. The Balaban J connectivity index is 0.00000364. The Bertz CT molecular complexity index is 620. The van der Waals surface area contributed by atoms with E-state index in [2.05, 4.69) is 57.8 Å². The summed E-state index contributed by atoms with van der Waals surface area (Å²) >= 11 is 0. The van der Waals surface area contributed by atoms with Gasteiger partial charge in [0.2, 0.25) is 5.91 Å². The molecule has 0 aliphatic carbocycles. The van der Waals surface area contributed by atoms with Crippen molar-refractivity contribution < 1.29 is 4.79 Å². The summed E-state index contributed by atoms with van der Waals surface area (Å²) in [5.41, 5.74) is 2.75. The maximum absolute atomic E-state index is 11.9. The van der Waals surface area contributed by atoms with Crippen LogP contribution in [0.5, 0.6) is 0 Å². The molecule has 1 amide bonds. The number of carbonyl (C=O) groups excluding carboxylic acids is 1. The molecule has 27 heavy (non-hydrogen) atoms. The van der Waals surface area contributed by atoms with Gasteiger partial charge in [-0.3, -0.25) is 9.79 Å². The first-order valence-corrected chi connectivity index (χ1v) is 9.61. The highest BCUT2D eigenvalue weighted by Gasteiger charge is 2.17. The van der Waals surface area contributed by atoms with Crippen molar-refractivity contribution in [2.24, 2.45) is 4.99 Å². The van der Waals surface area contributed by atoms with E-state index < -0.39 is 0 Å². The number of rotatable bonds is 6. The summed E-state index contributed by atoms with van der Waals surface area (Å²) in [4.78, 5) is 18.5. The van der Waals surface area contributed by atoms with Gasteiger partial charge in [-0.05, 0) is 31.7 Å². The highest BCUT2D eigenvalue weighted by atomic mass is 127. The van der Waals surface area contributed by atoms with Crippen LogP contribution in [-0.4, -0.2) is 49.5 Å². The van der Waals surface area contributed by atoms with Crippen molar-refractivity contribution in [3.05, 3.63) is 41.5 Å². The van der Waals surface area contributed by atoms with Crippen molar-refractivity contribution >= 4 is 41.9 Å². The fraction of sp³-hybridized carbons (Fsp3) is 0.524. The molecular weight excluding hydrogens is 451 g/mol. The Labute approximate surface area is 180 Å². The molecule has 2 N–H and O–H groups in total. The first-order valence-electron chi connectivity index (χ1n) is 9.61. The molecule has 1 unspecified atom stereocenters. The van der Waals surface area contributed by atoms with Crippen LogP contribution in [0.4, 0.5) is 0 Å². The molecule has 6 heteroatoms. The second-order valence-electron chi connectivity index (χ2n) is 6.80. The number of likely N-dealkylation sites (tertiary alicyclic amines) is 1. The lowest BCUT2D eigenvalue weighted by atomic mass is 10.0. The zero-order chi connectivity index (χ0) is 18.8. The summed E-state index contributed by atoms with van der Waals surface area (Å²) in [7, 11) is 1.80. The molecule has 1 heterocycles. The molecular formula is C21H33IN4O. The zero-order valence-electron chi connectivity index (χ0n) is 16.7. The standard InChI is InChI=1S/C21H32N4O.HI/c1-4-17(2)24-20(26)10-13-23-21(22-3)25-14-11-19(12-15-25)16-18-8-6-5-7-9-18;/h5-9,16-17H,4,10-15H2,1-3H3,(H,22,23)(H,24,26);1H. The molecule has 1 aromatic rings. The van der Waals surface area contributed by atoms with E-state index in [1.165, 1.54) is 11.1 Å². The Morgan fingerprint density at radius 3 is 2.52 bits per heavy atom. The third kappa shape index (κ3) is 8.32. The molecule has 1 saturated heterocycles. The average molecular weight is 484 g/mol. The lowest BCUT2D eigenvalue weighted by Crippen LogP contribution is -2.45. The van der Waals surface area contributed by atoms with Crippen LogP contribution >= 0.6 is 24.0 Å². The van der Waals surface area contributed by atoms with Crippen LogP contribution in [0.15, 0.2) is 40.9 Å². The Morgan fingerprint density at radius 1 is 1.26 bits per heavy atom. The van der Waals surface area contributed by atoms with Gasteiger partial charge in [0.25, 0.3) is 0 Å². The predicted octanol–water partition coefficient (Wildman–Crippen LogP) is 3.66. The van der Waals surface area contributed by atoms with E-state index in [-0.39, 0.29) is 35.9 Å². The van der Waals surface area contributed by atoms with Crippen LogP contribution < -0.4 is 10.6 Å². The number of hydrogen-bond donors (Lipinski definition) is 2. The van der Waals surface area contributed by atoms with Crippen molar-refractivity contribution in [1.29, 1.82) is 0 Å². The minimum atomic E-state index is 0. The maximum Gasteiger partial charge on any atom is 0.221 e. The van der Waals surface area contributed by atoms with Gasteiger partial charge in [-0.2, -0.15) is 0 Å². The second kappa shape index (κ2) is 12.8. The molecule has 0 bridgehead atoms. The van der Waals surface area contributed by atoms with E-state index in [0.717, 1.165) is 38.3 Å². The van der Waals surface area contributed by atoms with E-state index in [9.17, 15) is 4.79 Å². The molecule has 1 fully saturated rings. The summed E-state index contributed by atoms with van der Waals surface area (Å²) in [6, 6.07) is 10.7. The summed E-state index contributed by atoms with van der Waals surface area (Å²) < 4.78 is 0. The van der Waals surface area contributed by atoms with Crippen molar-refractivity contribution in [3.8, 4) is 0 Å². The van der Waals surface area contributed by atoms with Gasteiger partial charge in [-0.25, -0.2) is 0 Å². The van der Waals surface area contributed by atoms with Gasteiger partial charge in [-0.15, -0.1) is 24.0 Å². The SMILES string of the molecule is CCC(C)NC(=O)CCNC(=NC)N1CCC(=Cc2ccccc2)CC1.I. The Morgan fingerprint density at radius 2 is 1.93 bits per heavy atom. The van der Waals surface area contributed by atoms with Gasteiger partial charge < -0.3 is 15.5 Å². The first-order chi connectivity index (χ1) is 12.6. The summed E-state index contributed by atoms with van der Waals surface area (Å²) in [6.07, 6.45) is 5.81. The number of guanidine groups is 1. The summed E-state index contributed by atoms with van der Waals surface area (Å²) in [5, 5.41) is 6.31. The van der Waals surface area contributed by atoms with Crippen LogP contribution in [0.3, 0.4) is 0 Å². The predicted molar refractivity (Wildman–Crippen MR) is 125 cm³/mol. The number of nitrogens with one attached hydrogen (secondary N) is 2. The molecule has 0 saturated carbocycles. The monoisotopic (exact) mass is 484 g/mol. The van der Waals surface area contributed by atoms with E-state index in [1.807, 2.05) is 13.0 Å². The van der Waals surface area contributed by atoms with Gasteiger partial charge >= 0.3 is 0 Å². The number of piperidine rings is 1. The fourth-order valence-corrected chi connectivity index (χ4v) is 3.00. The largest absolute Gasteiger partial charge is 0.356 e. The van der Waals surface area contributed by atoms with E-state index in [1.54, 1.807) is 7.05 Å². The molecule has 1 aliphatic heterocycles. The zero-order valence-corrected chi connectivity index (χ0v) is 19.0. The maximum atomic E-state index is 11.9. The Hall–Kier alpha value is -1.57. The van der Waals surface area contributed by atoms with Crippen molar-refractivity contribution in [2.75, 3.05) is 26.7 Å². The van der Waals surface area contributed by atoms with E-state index in [0.29, 0.717) is 13.0 Å². The van der Waals surface area contributed by atoms with Gasteiger partial charge in [0.15, 0.2) is 5.96 Å². The highest BCUT2D eigenvalue weighted by Crippen LogP contribution is 2.19. The number of carbonyl (C=O) groups is 1. The van der Waals surface area contributed by atoms with Crippen LogP contribution in [-0.2, 0) is 4.79 Å². The van der Waals surface area contributed by atoms with E-state index in [4.69, 9.17) is 0 Å². The molecule has 5 nitrogen and oxygen atoms in total. The Kier molecular flexibility index (Phi) is 11.1. The number of nitrogens with zero attached hydrogens (tertiary/aromatic N) is 2. The van der Waals surface area contributed by atoms with Gasteiger partial charge in [0, 0.05) is 39.1 Å². The summed E-state index contributed by atoms with van der Waals surface area (Å²) in [6.45, 7) is 6.62. The first kappa shape index (κ1) is 23.5. The molecule has 1 aliphatic rings. The van der Waals surface area contributed by atoms with Crippen LogP contribution in [0, 0.1) is 0 Å². The molecule has 0 radical (unpaired) electrons. The molecule has 150 valence electrons. The number of halogens is 1. The minimum Gasteiger partial charge on any atom is -0.356 e. The van der Waals surface area contributed by atoms with Crippen molar-refractivity contribution in [2.45, 2.75) is 45.6 Å². The van der Waals surface area contributed by atoms with Crippen molar-refractivity contribution in [1.82, 2.24) is 15.5 Å². The van der Waals surface area contributed by atoms with Gasteiger partial charge in [0.1, 0.15) is 0 Å². The van der Waals surface area contributed by atoms with Crippen LogP contribution in [0.1, 0.15) is 45.1 Å². The minimum absolute atomic E-state index is 0. The number of hydrogen-bond acceptors (Lipinski definition) is 2. The molecule has 2 rings (SSSR count). The van der Waals surface area contributed by atoms with Crippen LogP contribution in [0.25, 0.3) is 6.08 Å². The fourth-order valence-electron chi connectivity index (χ4n) is 3.00. The molecule has 1 atom stereocenters. The average Bonchev–Trinajstić information content (AvgIpc) is 2.67. The lowest BCUT2D eigenvalue weighted by Gasteiger charge is -2.31.